The Balaban J connectivity index is 2.10. The highest BCUT2D eigenvalue weighted by Gasteiger charge is 2.44. The number of rotatable bonds is 12. The van der Waals surface area contributed by atoms with Crippen LogP contribution in [0.2, 0.25) is 0 Å². The van der Waals surface area contributed by atoms with Gasteiger partial charge in [0.2, 0.25) is 17.7 Å². The van der Waals surface area contributed by atoms with Gasteiger partial charge in [-0.15, -0.1) is 0 Å². The van der Waals surface area contributed by atoms with E-state index in [2.05, 4.69) is 10.6 Å². The maximum atomic E-state index is 14.6. The van der Waals surface area contributed by atoms with E-state index in [0.29, 0.717) is 18.4 Å². The molecule has 0 radical (unpaired) electrons. The van der Waals surface area contributed by atoms with Crippen molar-refractivity contribution < 1.29 is 33.4 Å². The normalized spacial score (nSPS) is 15.3. The van der Waals surface area contributed by atoms with Crippen molar-refractivity contribution in [1.29, 1.82) is 0 Å². The number of nitrogens with zero attached hydrogens (tertiary/aromatic N) is 1. The lowest BCUT2D eigenvalue weighted by atomic mass is 9.86. The Morgan fingerprint density at radius 1 is 0.872 bits per heavy atom. The van der Waals surface area contributed by atoms with Crippen LogP contribution in [0.25, 0.3) is 0 Å². The molecule has 11 nitrogen and oxygen atoms in total. The Labute approximate surface area is 277 Å². The second-order valence-electron chi connectivity index (χ2n) is 14.2. The number of hydrogen-bond acceptors (Lipinski definition) is 7. The minimum Gasteiger partial charge on any atom is -0.458 e. The highest BCUT2D eigenvalue weighted by Crippen LogP contribution is 2.35. The number of amides is 4. The van der Waals surface area contributed by atoms with Crippen LogP contribution in [0.3, 0.4) is 0 Å². The minimum atomic E-state index is -1.39. The van der Waals surface area contributed by atoms with Gasteiger partial charge in [-0.3, -0.25) is 14.4 Å². The number of ether oxygens (including phenoxy) is 2. The van der Waals surface area contributed by atoms with Crippen LogP contribution in [0.15, 0.2) is 48.5 Å². The predicted molar refractivity (Wildman–Crippen MR) is 178 cm³/mol. The van der Waals surface area contributed by atoms with E-state index < -0.39 is 65.5 Å². The topological polar surface area (TPSA) is 157 Å². The molecule has 1 aliphatic rings. The van der Waals surface area contributed by atoms with Gasteiger partial charge in [-0.2, -0.15) is 0 Å². The lowest BCUT2D eigenvalue weighted by molar-refractivity contribution is -0.159. The number of carbonyl (C=O) groups excluding carboxylic acids is 5. The standard InChI is InChI=1S/C36H50N4O7/c1-22-17-18-26(23(2)19-22)30(31(42)38-28(33(44)46-35(3,4)5)20-24-13-10-9-11-14-24)40(25-15-12-16-25)32(43)27(21-29(37)41)39-34(45)47-36(6,7)8/h9-11,13-14,17-19,25,27-28,30H,12,15-16,20-21H2,1-8H3,(H2,37,41)(H,38,42)(H,39,45). The fourth-order valence-corrected chi connectivity index (χ4v) is 5.43. The number of nitrogens with two attached hydrogens (primary N) is 1. The maximum Gasteiger partial charge on any atom is 0.408 e. The Kier molecular flexibility index (Phi) is 12.2. The summed E-state index contributed by atoms with van der Waals surface area (Å²) in [7, 11) is 0. The average Bonchev–Trinajstić information content (AvgIpc) is 2.90. The number of nitrogens with one attached hydrogen (secondary N) is 2. The lowest BCUT2D eigenvalue weighted by Crippen LogP contribution is -2.59. The predicted octanol–water partition coefficient (Wildman–Crippen LogP) is 4.56. The fourth-order valence-electron chi connectivity index (χ4n) is 5.43. The van der Waals surface area contributed by atoms with Crippen molar-refractivity contribution in [2.45, 2.75) is 123 Å². The van der Waals surface area contributed by atoms with E-state index in [4.69, 9.17) is 15.2 Å². The number of alkyl carbamates (subject to hydrolysis) is 1. The van der Waals surface area contributed by atoms with Crippen LogP contribution in [0.4, 0.5) is 4.79 Å². The molecule has 3 atom stereocenters. The molecule has 47 heavy (non-hydrogen) atoms. The van der Waals surface area contributed by atoms with E-state index in [1.165, 1.54) is 4.90 Å². The molecule has 0 aliphatic heterocycles. The fraction of sp³-hybridized carbons (Fsp3) is 0.528. The van der Waals surface area contributed by atoms with Crippen molar-refractivity contribution in [3.8, 4) is 0 Å². The quantitative estimate of drug-likeness (QED) is 0.284. The minimum absolute atomic E-state index is 0.156. The Morgan fingerprint density at radius 2 is 1.49 bits per heavy atom. The van der Waals surface area contributed by atoms with Crippen molar-refractivity contribution in [3.05, 3.63) is 70.8 Å². The van der Waals surface area contributed by atoms with Gasteiger partial charge in [-0.05, 0) is 91.3 Å². The molecule has 256 valence electrons. The van der Waals surface area contributed by atoms with Gasteiger partial charge in [0, 0.05) is 12.5 Å². The Morgan fingerprint density at radius 3 is 2.00 bits per heavy atom. The molecule has 4 amide bonds. The first-order chi connectivity index (χ1) is 21.8. The molecule has 1 aliphatic carbocycles. The van der Waals surface area contributed by atoms with Crippen LogP contribution >= 0.6 is 0 Å². The number of hydrogen-bond donors (Lipinski definition) is 3. The van der Waals surface area contributed by atoms with Crippen LogP contribution in [-0.4, -0.2) is 64.0 Å². The summed E-state index contributed by atoms with van der Waals surface area (Å²) < 4.78 is 11.1. The molecule has 0 heterocycles. The van der Waals surface area contributed by atoms with Gasteiger partial charge in [0.25, 0.3) is 0 Å². The third kappa shape index (κ3) is 11.1. The summed E-state index contributed by atoms with van der Waals surface area (Å²) in [5.41, 5.74) is 6.93. The van der Waals surface area contributed by atoms with E-state index in [0.717, 1.165) is 23.1 Å². The largest absolute Gasteiger partial charge is 0.458 e. The molecule has 1 saturated carbocycles. The molecule has 0 spiro atoms. The lowest BCUT2D eigenvalue weighted by Gasteiger charge is -2.44. The van der Waals surface area contributed by atoms with Crippen molar-refractivity contribution in [3.63, 3.8) is 0 Å². The van der Waals surface area contributed by atoms with Crippen molar-refractivity contribution in [2.75, 3.05) is 0 Å². The van der Waals surface area contributed by atoms with Gasteiger partial charge in [-0.1, -0.05) is 54.1 Å². The first-order valence-corrected chi connectivity index (χ1v) is 16.1. The smallest absolute Gasteiger partial charge is 0.408 e. The molecule has 4 N–H and O–H groups in total. The van der Waals surface area contributed by atoms with Crippen LogP contribution in [0.5, 0.6) is 0 Å². The third-order valence-electron chi connectivity index (χ3n) is 7.65. The second-order valence-corrected chi connectivity index (χ2v) is 14.2. The van der Waals surface area contributed by atoms with Gasteiger partial charge in [0.15, 0.2) is 0 Å². The molecular weight excluding hydrogens is 600 g/mol. The molecule has 3 rings (SSSR count). The molecule has 0 bridgehead atoms. The zero-order valence-corrected chi connectivity index (χ0v) is 28.8. The Hall–Kier alpha value is -4.41. The Bertz CT molecular complexity index is 1440. The van der Waals surface area contributed by atoms with Gasteiger partial charge < -0.3 is 30.7 Å². The summed E-state index contributed by atoms with van der Waals surface area (Å²) in [5.74, 6) is -2.68. The van der Waals surface area contributed by atoms with E-state index >= 15 is 0 Å². The summed E-state index contributed by atoms with van der Waals surface area (Å²) in [6.45, 7) is 14.0. The zero-order valence-electron chi connectivity index (χ0n) is 28.8. The summed E-state index contributed by atoms with van der Waals surface area (Å²) in [6, 6.07) is 10.8. The summed E-state index contributed by atoms with van der Waals surface area (Å²) in [5, 5.41) is 5.42. The summed E-state index contributed by atoms with van der Waals surface area (Å²) >= 11 is 0. The number of aryl methyl sites for hydroxylation is 2. The molecule has 2 aromatic rings. The molecule has 3 unspecified atom stereocenters. The number of esters is 1. The molecule has 1 fully saturated rings. The molecule has 11 heteroatoms. The third-order valence-corrected chi connectivity index (χ3v) is 7.65. The van der Waals surface area contributed by atoms with Crippen LogP contribution < -0.4 is 16.4 Å². The van der Waals surface area contributed by atoms with Gasteiger partial charge in [-0.25, -0.2) is 9.59 Å². The second kappa shape index (κ2) is 15.5. The number of carbonyl (C=O) groups is 5. The van der Waals surface area contributed by atoms with Crippen molar-refractivity contribution in [1.82, 2.24) is 15.5 Å². The summed E-state index contributed by atoms with van der Waals surface area (Å²) in [6.07, 6.45) is 0.793. The van der Waals surface area contributed by atoms with Crippen LogP contribution in [-0.2, 0) is 35.1 Å². The van der Waals surface area contributed by atoms with Gasteiger partial charge in [0.1, 0.15) is 29.3 Å². The SMILES string of the molecule is Cc1ccc(C(C(=O)NC(Cc2ccccc2)C(=O)OC(C)(C)C)N(C(=O)C(CC(N)=O)NC(=O)OC(C)(C)C)C2CCC2)c(C)c1. The molecule has 0 saturated heterocycles. The summed E-state index contributed by atoms with van der Waals surface area (Å²) in [4.78, 5) is 69.0. The highest BCUT2D eigenvalue weighted by molar-refractivity contribution is 5.96. The van der Waals surface area contributed by atoms with E-state index in [1.54, 1.807) is 47.6 Å². The van der Waals surface area contributed by atoms with Crippen molar-refractivity contribution >= 4 is 29.8 Å². The first-order valence-electron chi connectivity index (χ1n) is 16.1. The molecule has 2 aromatic carbocycles. The van der Waals surface area contributed by atoms with E-state index in [1.807, 2.05) is 56.3 Å². The zero-order chi connectivity index (χ0) is 35.1. The molecule has 0 aromatic heterocycles. The van der Waals surface area contributed by atoms with Crippen LogP contribution in [0, 0.1) is 13.8 Å². The van der Waals surface area contributed by atoms with E-state index in [-0.39, 0.29) is 12.5 Å². The van der Waals surface area contributed by atoms with Gasteiger partial charge in [0.05, 0.1) is 6.42 Å². The average molecular weight is 651 g/mol. The highest BCUT2D eigenvalue weighted by atomic mass is 16.6. The first kappa shape index (κ1) is 37.1. The van der Waals surface area contributed by atoms with Crippen molar-refractivity contribution in [2.24, 2.45) is 5.73 Å². The molecular formula is C36H50N4O7. The maximum absolute atomic E-state index is 14.6. The van der Waals surface area contributed by atoms with Crippen LogP contribution in [0.1, 0.15) is 95.5 Å². The monoisotopic (exact) mass is 650 g/mol. The number of primary amides is 1. The van der Waals surface area contributed by atoms with E-state index in [9.17, 15) is 24.0 Å². The van der Waals surface area contributed by atoms with Gasteiger partial charge >= 0.3 is 12.1 Å². The number of benzene rings is 2.